The Morgan fingerprint density at radius 3 is 2.68 bits per heavy atom. The molecule has 22 heavy (non-hydrogen) atoms. The highest BCUT2D eigenvalue weighted by molar-refractivity contribution is 5.97. The van der Waals surface area contributed by atoms with Gasteiger partial charge in [0.1, 0.15) is 5.76 Å². The molecule has 0 amide bonds. The molecule has 2 N–H and O–H groups in total. The number of hydrogen-bond donors (Lipinski definition) is 2. The van der Waals surface area contributed by atoms with Crippen molar-refractivity contribution < 1.29 is 29.3 Å². The smallest absolute Gasteiger partial charge is 0.350 e. The lowest BCUT2D eigenvalue weighted by atomic mass is 9.96. The number of allylic oxidation sites excluding steroid dienone is 2. The lowest BCUT2D eigenvalue weighted by Crippen LogP contribution is -2.43. The summed E-state index contributed by atoms with van der Waals surface area (Å²) >= 11 is 0. The summed E-state index contributed by atoms with van der Waals surface area (Å²) in [6, 6.07) is 4.28. The van der Waals surface area contributed by atoms with Gasteiger partial charge >= 0.3 is 5.97 Å². The molecule has 1 atom stereocenters. The van der Waals surface area contributed by atoms with Crippen LogP contribution >= 0.6 is 0 Å². The van der Waals surface area contributed by atoms with Crippen molar-refractivity contribution >= 4 is 17.8 Å². The summed E-state index contributed by atoms with van der Waals surface area (Å²) in [7, 11) is 1.23. The van der Waals surface area contributed by atoms with Crippen LogP contribution in [-0.4, -0.2) is 34.7 Å². The largest absolute Gasteiger partial charge is 0.504 e. The zero-order valence-corrected chi connectivity index (χ0v) is 12.2. The average Bonchev–Trinajstić information content (AvgIpc) is 2.46. The van der Waals surface area contributed by atoms with E-state index in [1.807, 2.05) is 0 Å². The van der Waals surface area contributed by atoms with Gasteiger partial charge in [-0.3, -0.25) is 4.79 Å². The minimum Gasteiger partial charge on any atom is -0.504 e. The highest BCUT2D eigenvalue weighted by Crippen LogP contribution is 2.29. The van der Waals surface area contributed by atoms with Crippen molar-refractivity contribution in [1.82, 2.24) is 0 Å². The van der Waals surface area contributed by atoms with E-state index in [0.29, 0.717) is 5.56 Å². The molecule has 0 saturated heterocycles. The minimum absolute atomic E-state index is 0.0863. The van der Waals surface area contributed by atoms with E-state index in [-0.39, 0.29) is 29.5 Å². The maximum atomic E-state index is 11.7. The van der Waals surface area contributed by atoms with Crippen molar-refractivity contribution in [2.24, 2.45) is 0 Å². The number of ketones is 1. The van der Waals surface area contributed by atoms with Crippen LogP contribution in [0.4, 0.5) is 0 Å². The van der Waals surface area contributed by atoms with Crippen LogP contribution in [0.1, 0.15) is 18.9 Å². The SMILES string of the molecule is COC(=O)[C@@]1(C)CC(=O)C=C(/C=C/c2ccc(O)c(O)c2)O1. The van der Waals surface area contributed by atoms with Crippen molar-refractivity contribution in [3.05, 3.63) is 41.7 Å². The van der Waals surface area contributed by atoms with E-state index in [4.69, 9.17) is 4.74 Å². The van der Waals surface area contributed by atoms with Crippen molar-refractivity contribution in [3.63, 3.8) is 0 Å². The van der Waals surface area contributed by atoms with Crippen LogP contribution in [-0.2, 0) is 19.1 Å². The van der Waals surface area contributed by atoms with Gasteiger partial charge in [-0.25, -0.2) is 4.79 Å². The van der Waals surface area contributed by atoms with Crippen molar-refractivity contribution in [3.8, 4) is 11.5 Å². The standard InChI is InChI=1S/C16H16O6/c1-16(15(20)21-2)9-11(17)8-12(22-16)5-3-10-4-6-13(18)14(19)7-10/h3-8,18-19H,9H2,1-2H3/b5-3+/t16-/m1/s1. The molecule has 0 bridgehead atoms. The summed E-state index contributed by atoms with van der Waals surface area (Å²) in [5.41, 5.74) is -0.755. The average molecular weight is 304 g/mol. The maximum Gasteiger partial charge on any atom is 0.350 e. The Labute approximate surface area is 127 Å². The van der Waals surface area contributed by atoms with Gasteiger partial charge < -0.3 is 19.7 Å². The number of aromatic hydroxyl groups is 2. The fourth-order valence-corrected chi connectivity index (χ4v) is 2.10. The molecule has 1 aliphatic rings. The van der Waals surface area contributed by atoms with E-state index in [1.165, 1.54) is 38.3 Å². The van der Waals surface area contributed by atoms with E-state index in [1.54, 1.807) is 12.1 Å². The molecule has 0 saturated carbocycles. The van der Waals surface area contributed by atoms with Gasteiger partial charge in [0.2, 0.25) is 5.60 Å². The van der Waals surface area contributed by atoms with Crippen LogP contribution in [0.15, 0.2) is 36.1 Å². The number of ether oxygens (including phenoxy) is 2. The monoisotopic (exact) mass is 304 g/mol. The number of carbonyl (C=O) groups excluding carboxylic acids is 2. The lowest BCUT2D eigenvalue weighted by Gasteiger charge is -2.30. The number of esters is 1. The van der Waals surface area contributed by atoms with Gasteiger partial charge in [0, 0.05) is 6.08 Å². The number of phenolic OH excluding ortho intramolecular Hbond substituents is 2. The maximum absolute atomic E-state index is 11.7. The third-order valence-corrected chi connectivity index (χ3v) is 3.21. The van der Waals surface area contributed by atoms with Crippen LogP contribution in [0, 0.1) is 0 Å². The van der Waals surface area contributed by atoms with E-state index in [2.05, 4.69) is 4.74 Å². The van der Waals surface area contributed by atoms with Gasteiger partial charge in [-0.1, -0.05) is 12.1 Å². The second kappa shape index (κ2) is 5.93. The molecule has 0 spiro atoms. The van der Waals surface area contributed by atoms with E-state index in [9.17, 15) is 19.8 Å². The summed E-state index contributed by atoms with van der Waals surface area (Å²) in [5, 5.41) is 18.7. The quantitative estimate of drug-likeness (QED) is 0.654. The lowest BCUT2D eigenvalue weighted by molar-refractivity contribution is -0.165. The zero-order valence-electron chi connectivity index (χ0n) is 12.2. The van der Waals surface area contributed by atoms with Crippen LogP contribution in [0.25, 0.3) is 6.08 Å². The predicted octanol–water partition coefficient (Wildman–Crippen LogP) is 1.92. The first-order valence-corrected chi connectivity index (χ1v) is 6.56. The highest BCUT2D eigenvalue weighted by Gasteiger charge is 2.41. The zero-order chi connectivity index (χ0) is 16.3. The van der Waals surface area contributed by atoms with E-state index >= 15 is 0 Å². The summed E-state index contributed by atoms with van der Waals surface area (Å²) < 4.78 is 10.2. The van der Waals surface area contributed by atoms with Crippen LogP contribution in [0.5, 0.6) is 11.5 Å². The van der Waals surface area contributed by atoms with Gasteiger partial charge in [0.25, 0.3) is 0 Å². The normalized spacial score (nSPS) is 21.4. The molecule has 1 heterocycles. The fraction of sp³-hybridized carbons (Fsp3) is 0.250. The number of methoxy groups -OCH3 is 1. The van der Waals surface area contributed by atoms with Crippen molar-refractivity contribution in [2.45, 2.75) is 18.9 Å². The minimum atomic E-state index is -1.35. The molecule has 0 unspecified atom stereocenters. The van der Waals surface area contributed by atoms with Gasteiger partial charge in [-0.2, -0.15) is 0 Å². The van der Waals surface area contributed by atoms with Gasteiger partial charge in [-0.05, 0) is 30.7 Å². The van der Waals surface area contributed by atoms with E-state index in [0.717, 1.165) is 0 Å². The molecule has 116 valence electrons. The Hall–Kier alpha value is -2.76. The molecule has 2 rings (SSSR count). The molecule has 0 aliphatic carbocycles. The van der Waals surface area contributed by atoms with Gasteiger partial charge in [0.15, 0.2) is 17.3 Å². The van der Waals surface area contributed by atoms with Crippen molar-refractivity contribution in [2.75, 3.05) is 7.11 Å². The molecule has 6 heteroatoms. The molecule has 0 fully saturated rings. The van der Waals surface area contributed by atoms with Crippen LogP contribution in [0.3, 0.4) is 0 Å². The van der Waals surface area contributed by atoms with Crippen LogP contribution < -0.4 is 0 Å². The molecule has 1 aliphatic heterocycles. The summed E-state index contributed by atoms with van der Waals surface area (Å²) in [5.74, 6) is -1.12. The third-order valence-electron chi connectivity index (χ3n) is 3.21. The number of benzene rings is 1. The fourth-order valence-electron chi connectivity index (χ4n) is 2.10. The van der Waals surface area contributed by atoms with E-state index < -0.39 is 11.6 Å². The Bertz CT molecular complexity index is 673. The summed E-state index contributed by atoms with van der Waals surface area (Å²) in [6.07, 6.45) is 4.30. The second-order valence-corrected chi connectivity index (χ2v) is 5.10. The van der Waals surface area contributed by atoms with Gasteiger partial charge in [-0.15, -0.1) is 0 Å². The molecule has 0 aromatic heterocycles. The molecule has 1 aromatic carbocycles. The molecule has 6 nitrogen and oxygen atoms in total. The molecule has 0 radical (unpaired) electrons. The first kappa shape index (κ1) is 15.6. The van der Waals surface area contributed by atoms with Crippen molar-refractivity contribution in [1.29, 1.82) is 0 Å². The number of carbonyl (C=O) groups is 2. The Morgan fingerprint density at radius 2 is 2.05 bits per heavy atom. The Balaban J connectivity index is 2.21. The number of rotatable bonds is 3. The molecule has 1 aromatic rings. The summed E-state index contributed by atoms with van der Waals surface area (Å²) in [6.45, 7) is 1.49. The predicted molar refractivity (Wildman–Crippen MR) is 78.0 cm³/mol. The number of hydrogen-bond acceptors (Lipinski definition) is 6. The first-order valence-electron chi connectivity index (χ1n) is 6.56. The van der Waals surface area contributed by atoms with Gasteiger partial charge in [0.05, 0.1) is 13.5 Å². The summed E-state index contributed by atoms with van der Waals surface area (Å²) in [4.78, 5) is 23.5. The first-order chi connectivity index (χ1) is 10.3. The third kappa shape index (κ3) is 3.28. The topological polar surface area (TPSA) is 93.1 Å². The Morgan fingerprint density at radius 1 is 1.32 bits per heavy atom. The number of phenols is 2. The second-order valence-electron chi connectivity index (χ2n) is 5.10. The Kier molecular flexibility index (Phi) is 4.21. The van der Waals surface area contributed by atoms with Crippen LogP contribution in [0.2, 0.25) is 0 Å². The molecular formula is C16H16O6. The molecular weight excluding hydrogens is 288 g/mol. The highest BCUT2D eigenvalue weighted by atomic mass is 16.6.